The molecule has 0 fully saturated rings. The van der Waals surface area contributed by atoms with Gasteiger partial charge in [0.25, 0.3) is 0 Å². The van der Waals surface area contributed by atoms with Crippen LogP contribution in [0.4, 0.5) is 0 Å². The first-order valence-electron chi connectivity index (χ1n) is 7.55. The molecule has 0 aromatic heterocycles. The number of benzene rings is 1. The second kappa shape index (κ2) is 9.84. The highest BCUT2D eigenvalue weighted by molar-refractivity contribution is 5.90. The minimum atomic E-state index is -1.01. The third-order valence-corrected chi connectivity index (χ3v) is 3.10. The zero-order chi connectivity index (χ0) is 16.4. The van der Waals surface area contributed by atoms with E-state index in [1.54, 1.807) is 12.1 Å². The van der Waals surface area contributed by atoms with E-state index in [0.29, 0.717) is 43.1 Å². The van der Waals surface area contributed by atoms with E-state index < -0.39 is 5.97 Å². The van der Waals surface area contributed by atoms with Gasteiger partial charge >= 0.3 is 5.97 Å². The average molecular weight is 308 g/mol. The number of hydrogen-bond acceptors (Lipinski definition) is 4. The van der Waals surface area contributed by atoms with E-state index in [2.05, 4.69) is 6.92 Å². The second-order valence-corrected chi connectivity index (χ2v) is 4.84. The molecule has 0 radical (unpaired) electrons. The summed E-state index contributed by atoms with van der Waals surface area (Å²) in [6.07, 6.45) is 3.55. The van der Waals surface area contributed by atoms with E-state index >= 15 is 0 Å². The highest BCUT2D eigenvalue weighted by atomic mass is 16.5. The molecular weight excluding hydrogens is 284 g/mol. The maximum atomic E-state index is 11.0. The van der Waals surface area contributed by atoms with Crippen LogP contribution in [0.15, 0.2) is 24.3 Å². The molecule has 1 rings (SSSR count). The van der Waals surface area contributed by atoms with Crippen molar-refractivity contribution in [2.45, 2.75) is 33.1 Å². The quantitative estimate of drug-likeness (QED) is 0.511. The number of unbranched alkanes of at least 4 members (excludes halogenated alkanes) is 1. The van der Waals surface area contributed by atoms with Crippen LogP contribution in [0.2, 0.25) is 0 Å². The number of aliphatic carboxylic acids is 1. The molecule has 122 valence electrons. The van der Waals surface area contributed by atoms with Crippen LogP contribution in [0.5, 0.6) is 11.5 Å². The van der Waals surface area contributed by atoms with Gasteiger partial charge in [0.1, 0.15) is 0 Å². The van der Waals surface area contributed by atoms with Gasteiger partial charge in [-0.1, -0.05) is 19.4 Å². The minimum Gasteiger partial charge on any atom is -0.504 e. The van der Waals surface area contributed by atoms with E-state index in [-0.39, 0.29) is 5.75 Å². The van der Waals surface area contributed by atoms with Crippen molar-refractivity contribution in [3.05, 3.63) is 29.8 Å². The lowest BCUT2D eigenvalue weighted by Crippen LogP contribution is -2.00. The number of rotatable bonds is 10. The Labute approximate surface area is 131 Å². The van der Waals surface area contributed by atoms with Crippen molar-refractivity contribution < 1.29 is 24.5 Å². The van der Waals surface area contributed by atoms with Gasteiger partial charge in [0.15, 0.2) is 11.5 Å². The Hall–Kier alpha value is -2.01. The standard InChI is InChI=1S/C17H24O5/c1-3-5-9-22-16-11-13(6-7-15(16)18)14(12-17(19)20)8-10-21-4-2/h6-7,11-12,18H,3-5,8-10H2,1-2H3,(H,19,20)/b14-12-. The van der Waals surface area contributed by atoms with Gasteiger partial charge in [-0.25, -0.2) is 4.79 Å². The molecule has 1 aromatic carbocycles. The number of carboxylic acid groups (broad SMARTS) is 1. The Morgan fingerprint density at radius 3 is 2.68 bits per heavy atom. The maximum absolute atomic E-state index is 11.0. The summed E-state index contributed by atoms with van der Waals surface area (Å²) < 4.78 is 10.8. The van der Waals surface area contributed by atoms with Gasteiger partial charge in [0.2, 0.25) is 0 Å². The summed E-state index contributed by atoms with van der Waals surface area (Å²) >= 11 is 0. The predicted molar refractivity (Wildman–Crippen MR) is 85.2 cm³/mol. The molecule has 22 heavy (non-hydrogen) atoms. The Morgan fingerprint density at radius 2 is 2.05 bits per heavy atom. The van der Waals surface area contributed by atoms with Crippen LogP contribution in [0.1, 0.15) is 38.7 Å². The Kier molecular flexibility index (Phi) is 8.07. The van der Waals surface area contributed by atoms with Crippen molar-refractivity contribution in [2.24, 2.45) is 0 Å². The van der Waals surface area contributed by atoms with Gasteiger partial charge in [-0.05, 0) is 43.0 Å². The number of carboxylic acids is 1. The molecule has 0 aliphatic heterocycles. The Balaban J connectivity index is 2.93. The third-order valence-electron chi connectivity index (χ3n) is 3.10. The van der Waals surface area contributed by atoms with Crippen LogP contribution in [0, 0.1) is 0 Å². The lowest BCUT2D eigenvalue weighted by atomic mass is 10.0. The molecule has 2 N–H and O–H groups in total. The normalized spacial score (nSPS) is 11.5. The summed E-state index contributed by atoms with van der Waals surface area (Å²) in [4.78, 5) is 11.0. The summed E-state index contributed by atoms with van der Waals surface area (Å²) in [5.41, 5.74) is 1.35. The van der Waals surface area contributed by atoms with Crippen molar-refractivity contribution in [1.82, 2.24) is 0 Å². The van der Waals surface area contributed by atoms with Crippen molar-refractivity contribution in [1.29, 1.82) is 0 Å². The first-order valence-corrected chi connectivity index (χ1v) is 7.55. The van der Waals surface area contributed by atoms with Crippen LogP contribution < -0.4 is 4.74 Å². The summed E-state index contributed by atoms with van der Waals surface area (Å²) in [5, 5.41) is 18.8. The molecule has 0 bridgehead atoms. The molecule has 0 heterocycles. The molecular formula is C17H24O5. The average Bonchev–Trinajstić information content (AvgIpc) is 2.48. The molecule has 0 aliphatic carbocycles. The fraction of sp³-hybridized carbons (Fsp3) is 0.471. The summed E-state index contributed by atoms with van der Waals surface area (Å²) in [6, 6.07) is 4.88. The van der Waals surface area contributed by atoms with Gasteiger partial charge in [0, 0.05) is 12.7 Å². The second-order valence-electron chi connectivity index (χ2n) is 4.84. The molecule has 0 saturated heterocycles. The zero-order valence-electron chi connectivity index (χ0n) is 13.2. The lowest BCUT2D eigenvalue weighted by molar-refractivity contribution is -0.131. The van der Waals surface area contributed by atoms with Gasteiger partial charge in [0.05, 0.1) is 13.2 Å². The molecule has 5 heteroatoms. The topological polar surface area (TPSA) is 76.0 Å². The van der Waals surface area contributed by atoms with Crippen LogP contribution >= 0.6 is 0 Å². The molecule has 0 spiro atoms. The van der Waals surface area contributed by atoms with Crippen molar-refractivity contribution in [3.63, 3.8) is 0 Å². The Bertz CT molecular complexity index is 508. The van der Waals surface area contributed by atoms with Gasteiger partial charge < -0.3 is 19.7 Å². The number of phenols is 1. The summed E-state index contributed by atoms with van der Waals surface area (Å²) in [7, 11) is 0. The van der Waals surface area contributed by atoms with Crippen LogP contribution in [0.25, 0.3) is 5.57 Å². The number of carbonyl (C=O) groups is 1. The maximum Gasteiger partial charge on any atom is 0.328 e. The largest absolute Gasteiger partial charge is 0.504 e. The van der Waals surface area contributed by atoms with Crippen molar-refractivity contribution in [2.75, 3.05) is 19.8 Å². The molecule has 0 amide bonds. The van der Waals surface area contributed by atoms with E-state index in [1.807, 2.05) is 6.92 Å². The van der Waals surface area contributed by atoms with Crippen molar-refractivity contribution in [3.8, 4) is 11.5 Å². The number of hydrogen-bond donors (Lipinski definition) is 2. The Morgan fingerprint density at radius 1 is 1.27 bits per heavy atom. The van der Waals surface area contributed by atoms with E-state index in [4.69, 9.17) is 14.6 Å². The van der Waals surface area contributed by atoms with Gasteiger partial charge in [-0.3, -0.25) is 0 Å². The molecule has 0 atom stereocenters. The fourth-order valence-electron chi connectivity index (χ4n) is 1.93. The number of ether oxygens (including phenoxy) is 2. The first-order chi connectivity index (χ1) is 10.6. The molecule has 1 aromatic rings. The van der Waals surface area contributed by atoms with Crippen molar-refractivity contribution >= 4 is 11.5 Å². The first kappa shape index (κ1) is 18.0. The van der Waals surface area contributed by atoms with E-state index in [0.717, 1.165) is 12.8 Å². The number of phenolic OH excluding ortho intramolecular Hbond substituents is 1. The lowest BCUT2D eigenvalue weighted by Gasteiger charge is -2.12. The third kappa shape index (κ3) is 6.18. The minimum absolute atomic E-state index is 0.0549. The van der Waals surface area contributed by atoms with E-state index in [1.165, 1.54) is 12.1 Å². The smallest absolute Gasteiger partial charge is 0.328 e. The molecule has 0 saturated carbocycles. The summed E-state index contributed by atoms with van der Waals surface area (Å²) in [6.45, 7) is 5.50. The molecule has 0 aliphatic rings. The molecule has 5 nitrogen and oxygen atoms in total. The van der Waals surface area contributed by atoms with Gasteiger partial charge in [-0.15, -0.1) is 0 Å². The van der Waals surface area contributed by atoms with Gasteiger partial charge in [-0.2, -0.15) is 0 Å². The van der Waals surface area contributed by atoms with Crippen LogP contribution in [-0.4, -0.2) is 36.0 Å². The van der Waals surface area contributed by atoms with E-state index in [9.17, 15) is 9.90 Å². The zero-order valence-corrected chi connectivity index (χ0v) is 13.2. The monoisotopic (exact) mass is 308 g/mol. The highest BCUT2D eigenvalue weighted by Gasteiger charge is 2.09. The fourth-order valence-corrected chi connectivity index (χ4v) is 1.93. The van der Waals surface area contributed by atoms with Crippen LogP contribution in [0.3, 0.4) is 0 Å². The van der Waals surface area contributed by atoms with Crippen LogP contribution in [-0.2, 0) is 9.53 Å². The SMILES string of the molecule is CCCCOc1cc(/C(=C\C(=O)O)CCOCC)ccc1O. The highest BCUT2D eigenvalue weighted by Crippen LogP contribution is 2.31. The number of aromatic hydroxyl groups is 1. The molecule has 0 unspecified atom stereocenters. The predicted octanol–water partition coefficient (Wildman–Crippen LogP) is 3.47. The summed E-state index contributed by atoms with van der Waals surface area (Å²) in [5.74, 6) is -0.578.